The predicted octanol–water partition coefficient (Wildman–Crippen LogP) is 3.39. The van der Waals surface area contributed by atoms with Crippen LogP contribution in [0.15, 0.2) is 48.5 Å². The Morgan fingerprint density at radius 1 is 1.00 bits per heavy atom. The van der Waals surface area contributed by atoms with Crippen molar-refractivity contribution in [1.29, 1.82) is 0 Å². The fraction of sp³-hybridized carbons (Fsp3) is 0.316. The normalized spacial score (nSPS) is 10.2. The van der Waals surface area contributed by atoms with Gasteiger partial charge in [0.05, 0.1) is 6.54 Å². The summed E-state index contributed by atoms with van der Waals surface area (Å²) in [6, 6.07) is 16.6. The fourth-order valence-corrected chi connectivity index (χ4v) is 2.52. The van der Waals surface area contributed by atoms with E-state index in [1.54, 1.807) is 0 Å². The average molecular weight is 328 g/mol. The fourth-order valence-electron chi connectivity index (χ4n) is 2.31. The van der Waals surface area contributed by atoms with Crippen molar-refractivity contribution < 1.29 is 4.74 Å². The lowest BCUT2D eigenvalue weighted by atomic mass is 10.1. The molecule has 0 spiro atoms. The van der Waals surface area contributed by atoms with Gasteiger partial charge >= 0.3 is 0 Å². The van der Waals surface area contributed by atoms with Crippen molar-refractivity contribution in [3.8, 4) is 5.75 Å². The minimum atomic E-state index is 0.588. The van der Waals surface area contributed by atoms with Gasteiger partial charge in [-0.15, -0.1) is 0 Å². The molecular formula is C19H24N2OS. The molecule has 0 radical (unpaired) electrons. The summed E-state index contributed by atoms with van der Waals surface area (Å²) < 4.78 is 5.77. The average Bonchev–Trinajstić information content (AvgIpc) is 2.54. The molecule has 2 aromatic rings. The van der Waals surface area contributed by atoms with Crippen molar-refractivity contribution in [2.75, 3.05) is 19.7 Å². The van der Waals surface area contributed by atoms with E-state index in [-0.39, 0.29) is 0 Å². The molecule has 2 N–H and O–H groups in total. The van der Waals surface area contributed by atoms with Crippen LogP contribution in [0, 0.1) is 13.8 Å². The maximum atomic E-state index is 5.77. The molecule has 0 saturated carbocycles. The third-order valence-corrected chi connectivity index (χ3v) is 3.81. The van der Waals surface area contributed by atoms with E-state index in [4.69, 9.17) is 17.0 Å². The molecule has 4 heteroatoms. The second-order valence-corrected chi connectivity index (χ2v) is 5.94. The van der Waals surface area contributed by atoms with Gasteiger partial charge in [-0.25, -0.2) is 0 Å². The molecule has 23 heavy (non-hydrogen) atoms. The Morgan fingerprint density at radius 3 is 2.48 bits per heavy atom. The van der Waals surface area contributed by atoms with Gasteiger partial charge < -0.3 is 15.4 Å². The third kappa shape index (κ3) is 6.28. The van der Waals surface area contributed by atoms with Gasteiger partial charge in [0, 0.05) is 6.54 Å². The standard InChI is InChI=1S/C19H24N2OS/c1-15-8-9-18(16(2)14-15)22-13-12-21-19(23)20-11-10-17-6-4-3-5-7-17/h3-9,14H,10-13H2,1-2H3,(H2,20,21,23). The molecule has 0 aliphatic heterocycles. The zero-order valence-corrected chi connectivity index (χ0v) is 14.6. The van der Waals surface area contributed by atoms with E-state index in [1.165, 1.54) is 11.1 Å². The van der Waals surface area contributed by atoms with E-state index in [2.05, 4.69) is 60.9 Å². The molecule has 0 heterocycles. The molecule has 0 unspecified atom stereocenters. The summed E-state index contributed by atoms with van der Waals surface area (Å²) in [7, 11) is 0. The smallest absolute Gasteiger partial charge is 0.166 e. The Kier molecular flexibility index (Phi) is 6.88. The second kappa shape index (κ2) is 9.16. The summed E-state index contributed by atoms with van der Waals surface area (Å²) in [5, 5.41) is 7.05. The van der Waals surface area contributed by atoms with Gasteiger partial charge in [-0.2, -0.15) is 0 Å². The number of ether oxygens (including phenoxy) is 1. The van der Waals surface area contributed by atoms with E-state index >= 15 is 0 Å². The van der Waals surface area contributed by atoms with Gasteiger partial charge in [-0.3, -0.25) is 0 Å². The Hall–Kier alpha value is -2.07. The van der Waals surface area contributed by atoms with Crippen LogP contribution in [0.2, 0.25) is 0 Å². The Bertz CT molecular complexity index is 629. The topological polar surface area (TPSA) is 33.3 Å². The molecule has 0 saturated heterocycles. The highest BCUT2D eigenvalue weighted by molar-refractivity contribution is 7.80. The molecule has 2 aromatic carbocycles. The van der Waals surface area contributed by atoms with E-state index in [9.17, 15) is 0 Å². The lowest BCUT2D eigenvalue weighted by Gasteiger charge is -2.12. The van der Waals surface area contributed by atoms with Gasteiger partial charge in [0.25, 0.3) is 0 Å². The largest absolute Gasteiger partial charge is 0.491 e. The number of hydrogen-bond donors (Lipinski definition) is 2. The molecule has 0 aromatic heterocycles. The van der Waals surface area contributed by atoms with Crippen LogP contribution in [-0.2, 0) is 6.42 Å². The van der Waals surface area contributed by atoms with Crippen LogP contribution < -0.4 is 15.4 Å². The van der Waals surface area contributed by atoms with E-state index < -0.39 is 0 Å². The first kappa shape index (κ1) is 17.3. The van der Waals surface area contributed by atoms with Gasteiger partial charge in [0.15, 0.2) is 5.11 Å². The molecule has 3 nitrogen and oxygen atoms in total. The van der Waals surface area contributed by atoms with Crippen LogP contribution >= 0.6 is 12.2 Å². The molecule has 0 aliphatic rings. The van der Waals surface area contributed by atoms with Crippen LogP contribution in [-0.4, -0.2) is 24.8 Å². The van der Waals surface area contributed by atoms with Crippen LogP contribution in [0.1, 0.15) is 16.7 Å². The monoisotopic (exact) mass is 328 g/mol. The number of benzene rings is 2. The molecule has 0 bridgehead atoms. The van der Waals surface area contributed by atoms with Crippen molar-refractivity contribution in [3.05, 3.63) is 65.2 Å². The van der Waals surface area contributed by atoms with Crippen molar-refractivity contribution >= 4 is 17.3 Å². The number of nitrogens with one attached hydrogen (secondary N) is 2. The SMILES string of the molecule is Cc1ccc(OCCNC(=S)NCCc2ccccc2)c(C)c1. The molecule has 0 amide bonds. The minimum Gasteiger partial charge on any atom is -0.491 e. The van der Waals surface area contributed by atoms with Crippen molar-refractivity contribution in [2.45, 2.75) is 20.3 Å². The van der Waals surface area contributed by atoms with Crippen molar-refractivity contribution in [3.63, 3.8) is 0 Å². The number of hydrogen-bond acceptors (Lipinski definition) is 2. The van der Waals surface area contributed by atoms with Gasteiger partial charge in [0.2, 0.25) is 0 Å². The van der Waals surface area contributed by atoms with E-state index in [1.807, 2.05) is 12.1 Å². The van der Waals surface area contributed by atoms with Crippen molar-refractivity contribution in [1.82, 2.24) is 10.6 Å². The molecule has 0 aliphatic carbocycles. The molecule has 0 fully saturated rings. The molecule has 122 valence electrons. The molecular weight excluding hydrogens is 304 g/mol. The minimum absolute atomic E-state index is 0.588. The Morgan fingerprint density at radius 2 is 1.74 bits per heavy atom. The van der Waals surface area contributed by atoms with Gasteiger partial charge in [0.1, 0.15) is 12.4 Å². The number of aryl methyl sites for hydroxylation is 2. The Labute approximate surface area is 144 Å². The highest BCUT2D eigenvalue weighted by atomic mass is 32.1. The summed E-state index contributed by atoms with van der Waals surface area (Å²) in [6.07, 6.45) is 0.960. The van der Waals surface area contributed by atoms with Crippen LogP contribution in [0.4, 0.5) is 0 Å². The first-order valence-electron chi connectivity index (χ1n) is 7.91. The highest BCUT2D eigenvalue weighted by Gasteiger charge is 2.00. The number of rotatable bonds is 7. The van der Waals surface area contributed by atoms with Crippen molar-refractivity contribution in [2.24, 2.45) is 0 Å². The molecule has 0 atom stereocenters. The van der Waals surface area contributed by atoms with E-state index in [0.717, 1.165) is 24.3 Å². The summed E-state index contributed by atoms with van der Waals surface area (Å²) >= 11 is 5.26. The lowest BCUT2D eigenvalue weighted by Crippen LogP contribution is -2.38. The summed E-state index contributed by atoms with van der Waals surface area (Å²) in [6.45, 7) is 6.24. The predicted molar refractivity (Wildman–Crippen MR) is 100 cm³/mol. The lowest BCUT2D eigenvalue weighted by molar-refractivity contribution is 0.320. The maximum absolute atomic E-state index is 5.77. The van der Waals surface area contributed by atoms with E-state index in [0.29, 0.717) is 18.3 Å². The number of thiocarbonyl (C=S) groups is 1. The second-order valence-electron chi connectivity index (χ2n) is 5.54. The van der Waals surface area contributed by atoms with Crippen LogP contribution in [0.25, 0.3) is 0 Å². The van der Waals surface area contributed by atoms with Crippen LogP contribution in [0.5, 0.6) is 5.75 Å². The zero-order valence-electron chi connectivity index (χ0n) is 13.8. The molecule has 2 rings (SSSR count). The first-order valence-corrected chi connectivity index (χ1v) is 8.31. The Balaban J connectivity index is 1.59. The summed E-state index contributed by atoms with van der Waals surface area (Å²) in [5.74, 6) is 0.931. The quantitative estimate of drug-likeness (QED) is 0.603. The summed E-state index contributed by atoms with van der Waals surface area (Å²) in [4.78, 5) is 0. The first-order chi connectivity index (χ1) is 11.1. The summed E-state index contributed by atoms with van der Waals surface area (Å²) in [5.41, 5.74) is 3.71. The van der Waals surface area contributed by atoms with Gasteiger partial charge in [-0.05, 0) is 49.7 Å². The van der Waals surface area contributed by atoms with Gasteiger partial charge in [-0.1, -0.05) is 48.0 Å². The zero-order chi connectivity index (χ0) is 16.5. The highest BCUT2D eigenvalue weighted by Crippen LogP contribution is 2.18. The third-order valence-electron chi connectivity index (χ3n) is 3.52. The van der Waals surface area contributed by atoms with Crippen LogP contribution in [0.3, 0.4) is 0 Å². The maximum Gasteiger partial charge on any atom is 0.166 e.